The van der Waals surface area contributed by atoms with Crippen LogP contribution in [-0.4, -0.2) is 4.57 Å². The number of rotatable bonds is 6. The van der Waals surface area contributed by atoms with Crippen molar-refractivity contribution in [2.45, 2.75) is 26.6 Å². The van der Waals surface area contributed by atoms with Crippen LogP contribution >= 0.6 is 11.6 Å². The van der Waals surface area contributed by atoms with Gasteiger partial charge in [0.15, 0.2) is 0 Å². The van der Waals surface area contributed by atoms with Gasteiger partial charge < -0.3 is 9.88 Å². The lowest BCUT2D eigenvalue weighted by molar-refractivity contribution is 0.692. The maximum atomic E-state index is 6.15. The lowest BCUT2D eigenvalue weighted by Crippen LogP contribution is -2.12. The molecule has 2 nitrogen and oxygen atoms in total. The Labute approximate surface area is 165 Å². The first-order chi connectivity index (χ1) is 13.2. The second-order valence-electron chi connectivity index (χ2n) is 7.02. The van der Waals surface area contributed by atoms with Gasteiger partial charge in [-0.1, -0.05) is 71.8 Å². The zero-order valence-corrected chi connectivity index (χ0v) is 16.2. The third-order valence-electron chi connectivity index (χ3n) is 4.88. The molecule has 0 radical (unpaired) electrons. The number of hydrogen-bond donors (Lipinski definition) is 1. The van der Waals surface area contributed by atoms with E-state index in [0.717, 1.165) is 24.7 Å². The van der Waals surface area contributed by atoms with E-state index in [9.17, 15) is 0 Å². The Morgan fingerprint density at radius 2 is 1.67 bits per heavy atom. The number of hydrogen-bond acceptors (Lipinski definition) is 1. The quantitative estimate of drug-likeness (QED) is 0.441. The van der Waals surface area contributed by atoms with Crippen LogP contribution in [0, 0.1) is 6.92 Å². The standard InChI is InChI=1S/C24H23ClN2/c1-18-9-11-19(12-10-18)14-26-15-21-17-27(24-8-3-2-7-23(21)24)16-20-5-4-6-22(25)13-20/h2-13,17,26H,14-16H2,1H3. The summed E-state index contributed by atoms with van der Waals surface area (Å²) in [5.41, 5.74) is 6.39. The average Bonchev–Trinajstić information content (AvgIpc) is 3.01. The predicted molar refractivity (Wildman–Crippen MR) is 114 cm³/mol. The molecule has 1 N–H and O–H groups in total. The first kappa shape index (κ1) is 17.8. The summed E-state index contributed by atoms with van der Waals surface area (Å²) in [6.45, 7) is 4.65. The van der Waals surface area contributed by atoms with E-state index < -0.39 is 0 Å². The number of fused-ring (bicyclic) bond motifs is 1. The van der Waals surface area contributed by atoms with Crippen LogP contribution in [0.15, 0.2) is 79.0 Å². The third-order valence-corrected chi connectivity index (χ3v) is 5.11. The Balaban J connectivity index is 1.53. The molecule has 136 valence electrons. The molecule has 0 aliphatic heterocycles. The fourth-order valence-corrected chi connectivity index (χ4v) is 3.69. The molecule has 0 unspecified atom stereocenters. The van der Waals surface area contributed by atoms with Crippen LogP contribution in [-0.2, 0) is 19.6 Å². The van der Waals surface area contributed by atoms with Gasteiger partial charge in [-0.2, -0.15) is 0 Å². The van der Waals surface area contributed by atoms with Gasteiger partial charge in [0.2, 0.25) is 0 Å². The van der Waals surface area contributed by atoms with Gasteiger partial charge in [-0.05, 0) is 41.8 Å². The van der Waals surface area contributed by atoms with Crippen molar-refractivity contribution in [2.75, 3.05) is 0 Å². The molecule has 4 rings (SSSR count). The van der Waals surface area contributed by atoms with Crippen LogP contribution in [0.2, 0.25) is 5.02 Å². The lowest BCUT2D eigenvalue weighted by Gasteiger charge is -2.06. The molecule has 1 aromatic heterocycles. The highest BCUT2D eigenvalue weighted by atomic mass is 35.5. The van der Waals surface area contributed by atoms with Crippen molar-refractivity contribution in [1.82, 2.24) is 9.88 Å². The summed E-state index contributed by atoms with van der Waals surface area (Å²) in [6, 6.07) is 25.4. The van der Waals surface area contributed by atoms with Crippen molar-refractivity contribution in [3.05, 3.63) is 106 Å². The average molecular weight is 375 g/mol. The Morgan fingerprint density at radius 1 is 0.852 bits per heavy atom. The van der Waals surface area contributed by atoms with Crippen LogP contribution in [0.4, 0.5) is 0 Å². The molecular formula is C24H23ClN2. The van der Waals surface area contributed by atoms with E-state index in [-0.39, 0.29) is 0 Å². The molecular weight excluding hydrogens is 352 g/mol. The smallest absolute Gasteiger partial charge is 0.0486 e. The number of nitrogens with zero attached hydrogens (tertiary/aromatic N) is 1. The Hall–Kier alpha value is -2.55. The highest BCUT2D eigenvalue weighted by Gasteiger charge is 2.08. The van der Waals surface area contributed by atoms with Gasteiger partial charge >= 0.3 is 0 Å². The van der Waals surface area contributed by atoms with Crippen molar-refractivity contribution in [1.29, 1.82) is 0 Å². The molecule has 0 fully saturated rings. The molecule has 0 spiro atoms. The maximum absolute atomic E-state index is 6.15. The van der Waals surface area contributed by atoms with Crippen LogP contribution in [0.1, 0.15) is 22.3 Å². The van der Waals surface area contributed by atoms with E-state index in [1.807, 2.05) is 18.2 Å². The van der Waals surface area contributed by atoms with E-state index in [4.69, 9.17) is 11.6 Å². The summed E-state index contributed by atoms with van der Waals surface area (Å²) < 4.78 is 2.31. The molecule has 0 saturated carbocycles. The summed E-state index contributed by atoms with van der Waals surface area (Å²) >= 11 is 6.15. The van der Waals surface area contributed by atoms with Gasteiger partial charge in [0, 0.05) is 41.8 Å². The minimum absolute atomic E-state index is 0.781. The summed E-state index contributed by atoms with van der Waals surface area (Å²) in [5.74, 6) is 0. The summed E-state index contributed by atoms with van der Waals surface area (Å²) in [4.78, 5) is 0. The molecule has 3 aromatic carbocycles. The van der Waals surface area contributed by atoms with Crippen LogP contribution in [0.25, 0.3) is 10.9 Å². The number of aromatic nitrogens is 1. The van der Waals surface area contributed by atoms with Crippen molar-refractivity contribution >= 4 is 22.5 Å². The van der Waals surface area contributed by atoms with E-state index in [2.05, 4.69) is 77.6 Å². The van der Waals surface area contributed by atoms with Crippen LogP contribution in [0.3, 0.4) is 0 Å². The molecule has 0 atom stereocenters. The zero-order chi connectivity index (χ0) is 18.6. The fourth-order valence-electron chi connectivity index (χ4n) is 3.47. The van der Waals surface area contributed by atoms with Crippen LogP contribution < -0.4 is 5.32 Å². The minimum atomic E-state index is 0.781. The lowest BCUT2D eigenvalue weighted by atomic mass is 10.1. The summed E-state index contributed by atoms with van der Waals surface area (Å²) in [7, 11) is 0. The van der Waals surface area contributed by atoms with Crippen molar-refractivity contribution < 1.29 is 0 Å². The van der Waals surface area contributed by atoms with Gasteiger partial charge in [-0.15, -0.1) is 0 Å². The second kappa shape index (κ2) is 7.99. The number of halogens is 1. The SMILES string of the molecule is Cc1ccc(CNCc2cn(Cc3cccc(Cl)c3)c3ccccc23)cc1. The molecule has 0 aliphatic carbocycles. The van der Waals surface area contributed by atoms with Crippen molar-refractivity contribution in [2.24, 2.45) is 0 Å². The van der Waals surface area contributed by atoms with E-state index >= 15 is 0 Å². The Bertz CT molecular complexity index is 1050. The molecule has 1 heterocycles. The predicted octanol–water partition coefficient (Wildman–Crippen LogP) is 5.94. The van der Waals surface area contributed by atoms with Gasteiger partial charge in [-0.25, -0.2) is 0 Å². The number of para-hydroxylation sites is 1. The minimum Gasteiger partial charge on any atom is -0.343 e. The second-order valence-corrected chi connectivity index (χ2v) is 7.45. The Morgan fingerprint density at radius 3 is 2.48 bits per heavy atom. The van der Waals surface area contributed by atoms with Crippen LogP contribution in [0.5, 0.6) is 0 Å². The number of nitrogens with one attached hydrogen (secondary N) is 1. The van der Waals surface area contributed by atoms with E-state index in [1.54, 1.807) is 0 Å². The summed E-state index contributed by atoms with van der Waals surface area (Å²) in [5, 5.41) is 5.66. The fraction of sp³-hybridized carbons (Fsp3) is 0.167. The molecule has 27 heavy (non-hydrogen) atoms. The molecule has 0 amide bonds. The van der Waals surface area contributed by atoms with Crippen molar-refractivity contribution in [3.8, 4) is 0 Å². The third kappa shape index (κ3) is 4.24. The molecule has 0 saturated heterocycles. The zero-order valence-electron chi connectivity index (χ0n) is 15.5. The first-order valence-electron chi connectivity index (χ1n) is 9.26. The molecule has 0 aliphatic rings. The largest absolute Gasteiger partial charge is 0.343 e. The monoisotopic (exact) mass is 374 g/mol. The van der Waals surface area contributed by atoms with E-state index in [0.29, 0.717) is 0 Å². The Kier molecular flexibility index (Phi) is 5.28. The normalized spacial score (nSPS) is 11.2. The highest BCUT2D eigenvalue weighted by molar-refractivity contribution is 6.30. The van der Waals surface area contributed by atoms with Gasteiger partial charge in [0.25, 0.3) is 0 Å². The summed E-state index contributed by atoms with van der Waals surface area (Å²) in [6.07, 6.45) is 2.26. The highest BCUT2D eigenvalue weighted by Crippen LogP contribution is 2.23. The first-order valence-corrected chi connectivity index (χ1v) is 9.64. The number of aryl methyl sites for hydroxylation is 1. The topological polar surface area (TPSA) is 17.0 Å². The van der Waals surface area contributed by atoms with Gasteiger partial charge in [-0.3, -0.25) is 0 Å². The maximum Gasteiger partial charge on any atom is 0.0486 e. The van der Waals surface area contributed by atoms with Gasteiger partial charge in [0.1, 0.15) is 0 Å². The van der Waals surface area contributed by atoms with Gasteiger partial charge in [0.05, 0.1) is 0 Å². The molecule has 0 bridgehead atoms. The molecule has 3 heteroatoms. The number of benzene rings is 3. The van der Waals surface area contributed by atoms with Crippen molar-refractivity contribution in [3.63, 3.8) is 0 Å². The molecule has 4 aromatic rings. The van der Waals surface area contributed by atoms with E-state index in [1.165, 1.54) is 33.2 Å².